The van der Waals surface area contributed by atoms with E-state index in [1.54, 1.807) is 0 Å². The van der Waals surface area contributed by atoms with E-state index in [9.17, 15) is 9.90 Å². The molecule has 98 valence electrons. The summed E-state index contributed by atoms with van der Waals surface area (Å²) in [5.41, 5.74) is 2.94. The van der Waals surface area contributed by atoms with Crippen molar-refractivity contribution in [2.24, 2.45) is 0 Å². The highest BCUT2D eigenvalue weighted by Gasteiger charge is 2.12. The van der Waals surface area contributed by atoms with Crippen LogP contribution in [-0.4, -0.2) is 17.7 Å². The number of anilines is 1. The molecule has 1 amide bonds. The lowest BCUT2D eigenvalue weighted by atomic mass is 10.1. The van der Waals surface area contributed by atoms with Crippen molar-refractivity contribution >= 4 is 11.8 Å². The SMILES string of the molecule is CCCN(C(=O)O)c1ccc(-c2ccccc2)cc1. The molecule has 19 heavy (non-hydrogen) atoms. The third-order valence-corrected chi connectivity index (χ3v) is 2.96. The van der Waals surface area contributed by atoms with Crippen LogP contribution in [0.15, 0.2) is 54.6 Å². The predicted molar refractivity (Wildman–Crippen MR) is 77.5 cm³/mol. The second kappa shape index (κ2) is 6.05. The fourth-order valence-corrected chi connectivity index (χ4v) is 2.02. The van der Waals surface area contributed by atoms with Crippen LogP contribution in [-0.2, 0) is 0 Å². The molecule has 1 N–H and O–H groups in total. The molecule has 2 aromatic rings. The van der Waals surface area contributed by atoms with Gasteiger partial charge in [0.15, 0.2) is 0 Å². The Balaban J connectivity index is 2.25. The number of hydrogen-bond donors (Lipinski definition) is 1. The molecule has 0 atom stereocenters. The minimum atomic E-state index is -0.908. The van der Waals surface area contributed by atoms with Crippen LogP contribution in [0, 0.1) is 0 Å². The van der Waals surface area contributed by atoms with E-state index in [0.29, 0.717) is 12.2 Å². The summed E-state index contributed by atoms with van der Waals surface area (Å²) >= 11 is 0. The Morgan fingerprint density at radius 3 is 2.11 bits per heavy atom. The molecule has 2 aromatic carbocycles. The number of carbonyl (C=O) groups is 1. The second-order valence-electron chi connectivity index (χ2n) is 4.35. The van der Waals surface area contributed by atoms with E-state index in [0.717, 1.165) is 17.5 Å². The molecule has 0 aliphatic carbocycles. The number of nitrogens with zero attached hydrogens (tertiary/aromatic N) is 1. The highest BCUT2D eigenvalue weighted by Crippen LogP contribution is 2.23. The van der Waals surface area contributed by atoms with E-state index >= 15 is 0 Å². The predicted octanol–water partition coefficient (Wildman–Crippen LogP) is 4.25. The summed E-state index contributed by atoms with van der Waals surface area (Å²) in [6.45, 7) is 2.48. The Hall–Kier alpha value is -2.29. The Morgan fingerprint density at radius 1 is 1.00 bits per heavy atom. The maximum Gasteiger partial charge on any atom is 0.411 e. The summed E-state index contributed by atoms with van der Waals surface area (Å²) in [7, 11) is 0. The largest absolute Gasteiger partial charge is 0.465 e. The first-order chi connectivity index (χ1) is 9.22. The minimum Gasteiger partial charge on any atom is -0.465 e. The average Bonchev–Trinajstić information content (AvgIpc) is 2.46. The fraction of sp³-hybridized carbons (Fsp3) is 0.188. The summed E-state index contributed by atoms with van der Waals surface area (Å²) in [5, 5.41) is 9.17. The zero-order valence-electron chi connectivity index (χ0n) is 10.9. The van der Waals surface area contributed by atoms with E-state index in [1.165, 1.54) is 4.90 Å². The van der Waals surface area contributed by atoms with Crippen molar-refractivity contribution in [1.29, 1.82) is 0 Å². The lowest BCUT2D eigenvalue weighted by Crippen LogP contribution is -2.29. The van der Waals surface area contributed by atoms with Gasteiger partial charge in [-0.3, -0.25) is 4.90 Å². The molecule has 0 fully saturated rings. The third-order valence-electron chi connectivity index (χ3n) is 2.96. The fourth-order valence-electron chi connectivity index (χ4n) is 2.02. The van der Waals surface area contributed by atoms with Gasteiger partial charge in [0, 0.05) is 12.2 Å². The van der Waals surface area contributed by atoms with E-state index in [4.69, 9.17) is 0 Å². The normalized spacial score (nSPS) is 10.2. The van der Waals surface area contributed by atoms with E-state index in [-0.39, 0.29) is 0 Å². The van der Waals surface area contributed by atoms with Gasteiger partial charge in [0.25, 0.3) is 0 Å². The molecule has 0 radical (unpaired) electrons. The molecule has 0 bridgehead atoms. The van der Waals surface area contributed by atoms with E-state index in [1.807, 2.05) is 61.5 Å². The lowest BCUT2D eigenvalue weighted by Gasteiger charge is -2.18. The van der Waals surface area contributed by atoms with Crippen LogP contribution in [0.5, 0.6) is 0 Å². The first-order valence-electron chi connectivity index (χ1n) is 6.38. The average molecular weight is 255 g/mol. The van der Waals surface area contributed by atoms with Crippen LogP contribution in [0.1, 0.15) is 13.3 Å². The van der Waals surface area contributed by atoms with Crippen LogP contribution < -0.4 is 4.90 Å². The van der Waals surface area contributed by atoms with Crippen LogP contribution >= 0.6 is 0 Å². The Labute approximate surface area is 113 Å². The van der Waals surface area contributed by atoms with Gasteiger partial charge in [0.1, 0.15) is 0 Å². The molecule has 0 saturated carbocycles. The Bertz CT molecular complexity index is 534. The lowest BCUT2D eigenvalue weighted by molar-refractivity contribution is 0.202. The van der Waals surface area contributed by atoms with E-state index < -0.39 is 6.09 Å². The molecule has 0 aliphatic heterocycles. The van der Waals surface area contributed by atoms with Gasteiger partial charge in [-0.25, -0.2) is 4.79 Å². The molecular weight excluding hydrogens is 238 g/mol. The zero-order chi connectivity index (χ0) is 13.7. The first kappa shape index (κ1) is 13.1. The maximum absolute atomic E-state index is 11.2. The van der Waals surface area contributed by atoms with Crippen molar-refractivity contribution < 1.29 is 9.90 Å². The maximum atomic E-state index is 11.2. The summed E-state index contributed by atoms with van der Waals surface area (Å²) in [6, 6.07) is 17.6. The smallest absolute Gasteiger partial charge is 0.411 e. The number of rotatable bonds is 4. The van der Waals surface area contributed by atoms with E-state index in [2.05, 4.69) is 0 Å². The summed E-state index contributed by atoms with van der Waals surface area (Å²) in [6.07, 6.45) is -0.110. The van der Waals surface area contributed by atoms with Gasteiger partial charge in [-0.15, -0.1) is 0 Å². The quantitative estimate of drug-likeness (QED) is 0.887. The summed E-state index contributed by atoms with van der Waals surface area (Å²) in [4.78, 5) is 12.5. The number of benzene rings is 2. The third kappa shape index (κ3) is 3.13. The van der Waals surface area contributed by atoms with Gasteiger partial charge in [-0.05, 0) is 29.7 Å². The standard InChI is InChI=1S/C16H17NO2/c1-2-12-17(16(18)19)15-10-8-14(9-11-15)13-6-4-3-5-7-13/h3-11H,2,12H2,1H3,(H,18,19). The molecule has 0 saturated heterocycles. The van der Waals surface area contributed by atoms with Gasteiger partial charge < -0.3 is 5.11 Å². The van der Waals surface area contributed by atoms with Crippen LogP contribution in [0.4, 0.5) is 10.5 Å². The zero-order valence-corrected chi connectivity index (χ0v) is 10.9. The topological polar surface area (TPSA) is 40.5 Å². The molecule has 0 aromatic heterocycles. The van der Waals surface area contributed by atoms with Crippen molar-refractivity contribution in [3.05, 3.63) is 54.6 Å². The van der Waals surface area contributed by atoms with Gasteiger partial charge in [0.05, 0.1) is 0 Å². The van der Waals surface area contributed by atoms with Crippen LogP contribution in [0.2, 0.25) is 0 Å². The molecule has 3 nitrogen and oxygen atoms in total. The van der Waals surface area contributed by atoms with Crippen LogP contribution in [0.3, 0.4) is 0 Å². The number of carboxylic acid groups (broad SMARTS) is 1. The minimum absolute atomic E-state index is 0.514. The van der Waals surface area contributed by atoms with Gasteiger partial charge in [-0.2, -0.15) is 0 Å². The van der Waals surface area contributed by atoms with Gasteiger partial charge in [-0.1, -0.05) is 49.4 Å². The molecule has 3 heteroatoms. The molecular formula is C16H17NO2. The molecule has 0 unspecified atom stereocenters. The van der Waals surface area contributed by atoms with Crippen molar-refractivity contribution in [1.82, 2.24) is 0 Å². The number of amides is 1. The monoisotopic (exact) mass is 255 g/mol. The second-order valence-corrected chi connectivity index (χ2v) is 4.35. The van der Waals surface area contributed by atoms with Crippen molar-refractivity contribution in [2.75, 3.05) is 11.4 Å². The summed E-state index contributed by atoms with van der Waals surface area (Å²) < 4.78 is 0. The molecule has 0 aliphatic rings. The van der Waals surface area contributed by atoms with Crippen LogP contribution in [0.25, 0.3) is 11.1 Å². The molecule has 2 rings (SSSR count). The van der Waals surface area contributed by atoms with Gasteiger partial charge >= 0.3 is 6.09 Å². The Morgan fingerprint density at radius 2 is 1.58 bits per heavy atom. The number of hydrogen-bond acceptors (Lipinski definition) is 1. The molecule has 0 spiro atoms. The highest BCUT2D eigenvalue weighted by atomic mass is 16.4. The van der Waals surface area contributed by atoms with Crippen molar-refractivity contribution in [3.8, 4) is 11.1 Å². The Kier molecular flexibility index (Phi) is 4.18. The van der Waals surface area contributed by atoms with Crippen molar-refractivity contribution in [3.63, 3.8) is 0 Å². The van der Waals surface area contributed by atoms with Gasteiger partial charge in [0.2, 0.25) is 0 Å². The first-order valence-corrected chi connectivity index (χ1v) is 6.38. The molecule has 0 heterocycles. The van der Waals surface area contributed by atoms with Crippen molar-refractivity contribution in [2.45, 2.75) is 13.3 Å². The summed E-state index contributed by atoms with van der Waals surface area (Å²) in [5.74, 6) is 0. The highest BCUT2D eigenvalue weighted by molar-refractivity contribution is 5.86.